The second-order valence-corrected chi connectivity index (χ2v) is 10.3. The number of ether oxygens (including phenoxy) is 1. The summed E-state index contributed by atoms with van der Waals surface area (Å²) in [5.41, 5.74) is 1.38. The fourth-order valence-corrected chi connectivity index (χ4v) is 3.69. The van der Waals surface area contributed by atoms with Crippen LogP contribution in [0.1, 0.15) is 72.2 Å². The van der Waals surface area contributed by atoms with Crippen LogP contribution < -0.4 is 4.74 Å². The van der Waals surface area contributed by atoms with Gasteiger partial charge in [-0.1, -0.05) is 53.6 Å². The van der Waals surface area contributed by atoms with Crippen LogP contribution in [0.4, 0.5) is 0 Å². The first-order chi connectivity index (χ1) is 12.3. The highest BCUT2D eigenvalue weighted by Crippen LogP contribution is 2.33. The van der Waals surface area contributed by atoms with Crippen molar-refractivity contribution < 1.29 is 9.26 Å². The van der Waals surface area contributed by atoms with Gasteiger partial charge in [0.25, 0.3) is 0 Å². The van der Waals surface area contributed by atoms with Crippen molar-refractivity contribution in [1.29, 1.82) is 0 Å². The molecule has 0 radical (unpaired) electrons. The van der Waals surface area contributed by atoms with Gasteiger partial charge in [-0.2, -0.15) is 4.98 Å². The van der Waals surface area contributed by atoms with Crippen molar-refractivity contribution in [3.63, 3.8) is 0 Å². The Balaban J connectivity index is 1.90. The molecule has 0 aliphatic rings. The van der Waals surface area contributed by atoms with Crippen LogP contribution in [-0.2, 0) is 12.8 Å². The number of aryl methyl sites for hydroxylation is 1. The van der Waals surface area contributed by atoms with E-state index >= 15 is 0 Å². The summed E-state index contributed by atoms with van der Waals surface area (Å²) in [6.45, 7) is 18.0. The van der Waals surface area contributed by atoms with Crippen molar-refractivity contribution in [2.45, 2.75) is 74.7 Å². The van der Waals surface area contributed by atoms with Gasteiger partial charge in [-0.25, -0.2) is 9.97 Å². The Morgan fingerprint density at radius 3 is 2.07 bits per heavy atom. The van der Waals surface area contributed by atoms with Crippen molar-refractivity contribution in [2.75, 3.05) is 6.61 Å². The Hall–Kier alpha value is -1.98. The van der Waals surface area contributed by atoms with E-state index in [2.05, 4.69) is 68.6 Å². The van der Waals surface area contributed by atoms with E-state index in [-0.39, 0.29) is 16.2 Å². The van der Waals surface area contributed by atoms with E-state index in [0.29, 0.717) is 30.8 Å². The van der Waals surface area contributed by atoms with Crippen molar-refractivity contribution >= 4 is 0 Å². The highest BCUT2D eigenvalue weighted by molar-refractivity contribution is 5.10. The van der Waals surface area contributed by atoms with E-state index in [1.165, 1.54) is 0 Å². The molecule has 2 aromatic rings. The minimum atomic E-state index is -0.0284. The fourth-order valence-electron chi connectivity index (χ4n) is 3.69. The quantitative estimate of drug-likeness (QED) is 0.659. The maximum absolute atomic E-state index is 5.84. The molecule has 0 aromatic carbocycles. The molecule has 0 atom stereocenters. The van der Waals surface area contributed by atoms with Crippen LogP contribution in [0.2, 0.25) is 0 Å². The standard InChI is InChI=1S/C21H34N4O2/c1-15-24-17(27-25-15)10-20(5,6)9-16-11-22-18(23-12-16)26-14-21(7,8)13-19(2,3)4/h11-12H,9-10,13-14H2,1-8H3. The zero-order chi connectivity index (χ0) is 20.3. The molecule has 0 amide bonds. The molecule has 0 aliphatic carbocycles. The van der Waals surface area contributed by atoms with Crippen molar-refractivity contribution in [2.24, 2.45) is 16.2 Å². The summed E-state index contributed by atoms with van der Waals surface area (Å²) in [6.07, 6.45) is 6.30. The molecular formula is C21H34N4O2. The van der Waals surface area contributed by atoms with Gasteiger partial charge in [-0.3, -0.25) is 0 Å². The van der Waals surface area contributed by atoms with Gasteiger partial charge < -0.3 is 9.26 Å². The average Bonchev–Trinajstić information content (AvgIpc) is 2.88. The normalized spacial score (nSPS) is 13.0. The third kappa shape index (κ3) is 7.65. The molecule has 2 rings (SSSR count). The minimum Gasteiger partial charge on any atom is -0.463 e. The summed E-state index contributed by atoms with van der Waals surface area (Å²) >= 11 is 0. The number of nitrogens with zero attached hydrogens (tertiary/aromatic N) is 4. The number of hydrogen-bond donors (Lipinski definition) is 0. The van der Waals surface area contributed by atoms with Gasteiger partial charge in [0.2, 0.25) is 5.89 Å². The largest absolute Gasteiger partial charge is 0.463 e. The molecule has 0 spiro atoms. The van der Waals surface area contributed by atoms with E-state index in [4.69, 9.17) is 9.26 Å². The highest BCUT2D eigenvalue weighted by Gasteiger charge is 2.27. The Labute approximate surface area is 163 Å². The highest BCUT2D eigenvalue weighted by atomic mass is 16.5. The molecule has 0 unspecified atom stereocenters. The maximum Gasteiger partial charge on any atom is 0.316 e. The molecule has 0 saturated carbocycles. The van der Waals surface area contributed by atoms with Gasteiger partial charge in [0.15, 0.2) is 5.82 Å². The zero-order valence-electron chi connectivity index (χ0n) is 18.1. The molecule has 27 heavy (non-hydrogen) atoms. The van der Waals surface area contributed by atoms with Crippen LogP contribution in [0, 0.1) is 23.2 Å². The van der Waals surface area contributed by atoms with Crippen LogP contribution in [0.25, 0.3) is 0 Å². The summed E-state index contributed by atoms with van der Waals surface area (Å²) in [7, 11) is 0. The maximum atomic E-state index is 5.84. The molecule has 6 heteroatoms. The van der Waals surface area contributed by atoms with E-state index < -0.39 is 0 Å². The summed E-state index contributed by atoms with van der Waals surface area (Å²) < 4.78 is 11.1. The molecule has 2 heterocycles. The average molecular weight is 375 g/mol. The van der Waals surface area contributed by atoms with Crippen LogP contribution in [0.5, 0.6) is 6.01 Å². The zero-order valence-corrected chi connectivity index (χ0v) is 18.1. The van der Waals surface area contributed by atoms with Gasteiger partial charge in [-0.15, -0.1) is 0 Å². The van der Waals surface area contributed by atoms with Crippen LogP contribution >= 0.6 is 0 Å². The number of aromatic nitrogens is 4. The van der Waals surface area contributed by atoms with Gasteiger partial charge in [-0.05, 0) is 41.6 Å². The van der Waals surface area contributed by atoms with Crippen LogP contribution in [-0.4, -0.2) is 26.7 Å². The van der Waals surface area contributed by atoms with E-state index in [1.54, 1.807) is 0 Å². The molecule has 6 nitrogen and oxygen atoms in total. The minimum absolute atomic E-state index is 0.0284. The predicted octanol–water partition coefficient (Wildman–Crippen LogP) is 4.82. The molecule has 0 bridgehead atoms. The fraction of sp³-hybridized carbons (Fsp3) is 0.714. The Morgan fingerprint density at radius 1 is 0.926 bits per heavy atom. The molecule has 0 N–H and O–H groups in total. The molecule has 2 aromatic heterocycles. The number of rotatable bonds is 8. The Bertz CT molecular complexity index is 727. The summed E-state index contributed by atoms with van der Waals surface area (Å²) in [6, 6.07) is 0.436. The summed E-state index contributed by atoms with van der Waals surface area (Å²) in [4.78, 5) is 13.1. The molecule has 150 valence electrons. The second-order valence-electron chi connectivity index (χ2n) is 10.3. The predicted molar refractivity (Wildman–Crippen MR) is 106 cm³/mol. The van der Waals surface area contributed by atoms with Crippen LogP contribution in [0.3, 0.4) is 0 Å². The van der Waals surface area contributed by atoms with Crippen molar-refractivity contribution in [3.05, 3.63) is 29.7 Å². The smallest absolute Gasteiger partial charge is 0.316 e. The van der Waals surface area contributed by atoms with E-state index in [1.807, 2.05) is 19.3 Å². The van der Waals surface area contributed by atoms with Crippen LogP contribution in [0.15, 0.2) is 16.9 Å². The third-order valence-corrected chi connectivity index (χ3v) is 4.16. The SMILES string of the molecule is Cc1noc(CC(C)(C)Cc2cnc(OCC(C)(C)CC(C)(C)C)nc2)n1. The Morgan fingerprint density at radius 2 is 1.56 bits per heavy atom. The topological polar surface area (TPSA) is 73.9 Å². The van der Waals surface area contributed by atoms with E-state index in [9.17, 15) is 0 Å². The molecular weight excluding hydrogens is 340 g/mol. The second kappa shape index (κ2) is 7.95. The van der Waals surface area contributed by atoms with Gasteiger partial charge in [0.05, 0.1) is 6.61 Å². The lowest BCUT2D eigenvalue weighted by atomic mass is 9.77. The summed E-state index contributed by atoms with van der Waals surface area (Å²) in [5, 5.41) is 3.85. The van der Waals surface area contributed by atoms with E-state index in [0.717, 1.165) is 18.4 Å². The van der Waals surface area contributed by atoms with Crippen molar-refractivity contribution in [3.8, 4) is 6.01 Å². The lowest BCUT2D eigenvalue weighted by molar-refractivity contribution is 0.118. The lowest BCUT2D eigenvalue weighted by Gasteiger charge is -2.31. The molecule has 0 fully saturated rings. The third-order valence-electron chi connectivity index (χ3n) is 4.16. The van der Waals surface area contributed by atoms with Gasteiger partial charge in [0, 0.05) is 18.8 Å². The van der Waals surface area contributed by atoms with Crippen molar-refractivity contribution in [1.82, 2.24) is 20.1 Å². The monoisotopic (exact) mass is 374 g/mol. The first kappa shape index (κ1) is 21.3. The summed E-state index contributed by atoms with van der Waals surface area (Å²) in [5.74, 6) is 1.33. The number of hydrogen-bond acceptors (Lipinski definition) is 6. The molecule has 0 saturated heterocycles. The van der Waals surface area contributed by atoms with Gasteiger partial charge in [0.1, 0.15) is 0 Å². The first-order valence-corrected chi connectivity index (χ1v) is 9.57. The first-order valence-electron chi connectivity index (χ1n) is 9.57. The Kier molecular flexibility index (Phi) is 6.28. The van der Waals surface area contributed by atoms with Gasteiger partial charge >= 0.3 is 6.01 Å². The lowest BCUT2D eigenvalue weighted by Crippen LogP contribution is -2.27. The molecule has 0 aliphatic heterocycles.